The first kappa shape index (κ1) is 7.03. The lowest BCUT2D eigenvalue weighted by atomic mass is 9.74. The lowest BCUT2D eigenvalue weighted by Gasteiger charge is -2.28. The summed E-state index contributed by atoms with van der Waals surface area (Å²) >= 11 is 0. The van der Waals surface area contributed by atoms with Gasteiger partial charge in [0.05, 0.1) is 17.9 Å². The van der Waals surface area contributed by atoms with E-state index in [-0.39, 0.29) is 17.7 Å². The highest BCUT2D eigenvalue weighted by molar-refractivity contribution is 5.79. The number of carbonyl (C=O) groups excluding carboxylic acids is 1. The number of hydrogen-bond acceptors (Lipinski definition) is 3. The summed E-state index contributed by atoms with van der Waals surface area (Å²) < 4.78 is 0. The second-order valence-corrected chi connectivity index (χ2v) is 2.43. The van der Waals surface area contributed by atoms with Crippen molar-refractivity contribution in [2.75, 3.05) is 0 Å². The van der Waals surface area contributed by atoms with Gasteiger partial charge in [0.2, 0.25) is 5.91 Å². The van der Waals surface area contributed by atoms with E-state index in [1.165, 1.54) is 0 Å². The third-order valence-corrected chi connectivity index (χ3v) is 1.92. The highest BCUT2D eigenvalue weighted by Gasteiger charge is 2.36. The molecule has 4 nitrogen and oxygen atoms in total. The molecule has 0 heterocycles. The van der Waals surface area contributed by atoms with Gasteiger partial charge >= 0.3 is 0 Å². The minimum absolute atomic E-state index is 0.108. The summed E-state index contributed by atoms with van der Waals surface area (Å²) in [5.74, 6) is 4.41. The molecule has 2 atom stereocenters. The van der Waals surface area contributed by atoms with Crippen LogP contribution in [0, 0.1) is 23.2 Å². The van der Waals surface area contributed by atoms with Gasteiger partial charge in [-0.15, -0.1) is 0 Å². The van der Waals surface area contributed by atoms with E-state index in [4.69, 9.17) is 11.1 Å². The van der Waals surface area contributed by atoms with E-state index in [1.807, 2.05) is 5.43 Å². The minimum atomic E-state index is -0.210. The molecule has 0 aromatic carbocycles. The molecule has 0 aromatic heterocycles. The predicted octanol–water partition coefficient (Wildman–Crippen LogP) is -0.474. The predicted molar refractivity (Wildman–Crippen MR) is 34.2 cm³/mol. The topological polar surface area (TPSA) is 78.9 Å². The summed E-state index contributed by atoms with van der Waals surface area (Å²) in [4.78, 5) is 10.8. The second kappa shape index (κ2) is 2.67. The van der Waals surface area contributed by atoms with Crippen molar-refractivity contribution >= 4 is 5.91 Å². The van der Waals surface area contributed by atoms with E-state index < -0.39 is 0 Å². The fourth-order valence-corrected chi connectivity index (χ4v) is 1.08. The van der Waals surface area contributed by atoms with Gasteiger partial charge in [-0.2, -0.15) is 5.26 Å². The molecule has 1 rings (SSSR count). The number of nitriles is 1. The third-order valence-electron chi connectivity index (χ3n) is 1.92. The molecule has 0 aromatic rings. The van der Waals surface area contributed by atoms with Gasteiger partial charge in [0, 0.05) is 0 Å². The fourth-order valence-electron chi connectivity index (χ4n) is 1.08. The second-order valence-electron chi connectivity index (χ2n) is 2.43. The van der Waals surface area contributed by atoms with Crippen LogP contribution in [0.5, 0.6) is 0 Å². The highest BCUT2D eigenvalue weighted by atomic mass is 16.2. The van der Waals surface area contributed by atoms with Crippen molar-refractivity contribution in [3.63, 3.8) is 0 Å². The number of hydrogen-bond donors (Lipinski definition) is 2. The lowest BCUT2D eigenvalue weighted by Crippen LogP contribution is -2.43. The maximum Gasteiger partial charge on any atom is 0.238 e. The standard InChI is InChI=1S/C6H9N3O/c7-3-4-1-2-5(4)6(10)9-8/h4-5H,1-2,8H2,(H,9,10)/t4-,5+/m1/s1. The van der Waals surface area contributed by atoms with Gasteiger partial charge in [0.25, 0.3) is 0 Å². The Labute approximate surface area is 59.0 Å². The Morgan fingerprint density at radius 3 is 2.70 bits per heavy atom. The number of rotatable bonds is 1. The van der Waals surface area contributed by atoms with Gasteiger partial charge in [-0.1, -0.05) is 0 Å². The van der Waals surface area contributed by atoms with Crippen LogP contribution in [0.25, 0.3) is 0 Å². The van der Waals surface area contributed by atoms with Crippen molar-refractivity contribution in [3.05, 3.63) is 0 Å². The van der Waals surface area contributed by atoms with Crippen LogP contribution in [0.1, 0.15) is 12.8 Å². The van der Waals surface area contributed by atoms with E-state index >= 15 is 0 Å². The van der Waals surface area contributed by atoms with Crippen LogP contribution in [0.4, 0.5) is 0 Å². The quantitative estimate of drug-likeness (QED) is 0.293. The number of hydrazine groups is 1. The van der Waals surface area contributed by atoms with Crippen molar-refractivity contribution in [1.29, 1.82) is 5.26 Å². The van der Waals surface area contributed by atoms with Gasteiger partial charge in [-0.25, -0.2) is 5.84 Å². The smallest absolute Gasteiger partial charge is 0.238 e. The zero-order chi connectivity index (χ0) is 7.56. The first-order chi connectivity index (χ1) is 4.79. The maximum atomic E-state index is 10.8. The Kier molecular flexibility index (Phi) is 1.88. The molecule has 1 saturated carbocycles. The summed E-state index contributed by atoms with van der Waals surface area (Å²) in [5, 5.41) is 8.43. The van der Waals surface area contributed by atoms with Crippen LogP contribution in [-0.4, -0.2) is 5.91 Å². The lowest BCUT2D eigenvalue weighted by molar-refractivity contribution is -0.129. The van der Waals surface area contributed by atoms with Crippen molar-refractivity contribution in [1.82, 2.24) is 5.43 Å². The number of amides is 1. The number of carbonyl (C=O) groups is 1. The van der Waals surface area contributed by atoms with Gasteiger partial charge in [-0.05, 0) is 12.8 Å². The van der Waals surface area contributed by atoms with Crippen molar-refractivity contribution in [2.24, 2.45) is 17.7 Å². The summed E-state index contributed by atoms with van der Waals surface area (Å²) in [7, 11) is 0. The summed E-state index contributed by atoms with van der Waals surface area (Å²) in [6.45, 7) is 0. The van der Waals surface area contributed by atoms with Crippen LogP contribution in [0.3, 0.4) is 0 Å². The monoisotopic (exact) mass is 139 g/mol. The molecule has 54 valence electrons. The summed E-state index contributed by atoms with van der Waals surface area (Å²) in [5.41, 5.74) is 2.04. The molecule has 1 amide bonds. The van der Waals surface area contributed by atoms with Gasteiger partial charge < -0.3 is 0 Å². The minimum Gasteiger partial charge on any atom is -0.294 e. The average Bonchev–Trinajstić information content (AvgIpc) is 1.86. The van der Waals surface area contributed by atoms with Crippen molar-refractivity contribution < 1.29 is 4.79 Å². The summed E-state index contributed by atoms with van der Waals surface area (Å²) in [6, 6.07) is 2.05. The molecule has 4 heteroatoms. The van der Waals surface area contributed by atoms with E-state index in [0.29, 0.717) is 0 Å². The molecule has 10 heavy (non-hydrogen) atoms. The molecule has 1 aliphatic carbocycles. The molecule has 1 fully saturated rings. The molecule has 1 aliphatic rings. The Bertz CT molecular complexity index is 184. The molecule has 0 bridgehead atoms. The van der Waals surface area contributed by atoms with E-state index in [9.17, 15) is 4.79 Å². The van der Waals surface area contributed by atoms with Gasteiger partial charge in [-0.3, -0.25) is 10.2 Å². The average molecular weight is 139 g/mol. The van der Waals surface area contributed by atoms with Crippen LogP contribution in [0.15, 0.2) is 0 Å². The maximum absolute atomic E-state index is 10.8. The third kappa shape index (κ3) is 0.957. The Morgan fingerprint density at radius 2 is 2.40 bits per heavy atom. The molecular formula is C6H9N3O. The zero-order valence-corrected chi connectivity index (χ0v) is 5.50. The van der Waals surface area contributed by atoms with Crippen LogP contribution in [0.2, 0.25) is 0 Å². The highest BCUT2D eigenvalue weighted by Crippen LogP contribution is 2.33. The Morgan fingerprint density at radius 1 is 1.70 bits per heavy atom. The van der Waals surface area contributed by atoms with Crippen molar-refractivity contribution in [3.8, 4) is 6.07 Å². The molecule has 0 spiro atoms. The molecule has 0 aliphatic heterocycles. The van der Waals surface area contributed by atoms with E-state index in [0.717, 1.165) is 12.8 Å². The Balaban J connectivity index is 2.44. The van der Waals surface area contributed by atoms with Crippen molar-refractivity contribution in [2.45, 2.75) is 12.8 Å². The fraction of sp³-hybridized carbons (Fsp3) is 0.667. The van der Waals surface area contributed by atoms with Crippen LogP contribution in [-0.2, 0) is 4.79 Å². The van der Waals surface area contributed by atoms with Gasteiger partial charge in [0.15, 0.2) is 0 Å². The molecule has 0 radical (unpaired) electrons. The first-order valence-corrected chi connectivity index (χ1v) is 3.19. The largest absolute Gasteiger partial charge is 0.294 e. The van der Waals surface area contributed by atoms with Crippen LogP contribution >= 0.6 is 0 Å². The van der Waals surface area contributed by atoms with E-state index in [2.05, 4.69) is 6.07 Å². The molecular weight excluding hydrogens is 130 g/mol. The molecule has 0 saturated heterocycles. The molecule has 0 unspecified atom stereocenters. The number of nitrogens with one attached hydrogen (secondary N) is 1. The molecule has 3 N–H and O–H groups in total. The first-order valence-electron chi connectivity index (χ1n) is 3.19. The van der Waals surface area contributed by atoms with Gasteiger partial charge in [0.1, 0.15) is 0 Å². The zero-order valence-electron chi connectivity index (χ0n) is 5.50. The summed E-state index contributed by atoms with van der Waals surface area (Å²) in [6.07, 6.45) is 1.62. The SMILES string of the molecule is N#C[C@H]1CC[C@@H]1C(=O)NN. The number of nitrogens with two attached hydrogens (primary N) is 1. The normalized spacial score (nSPS) is 30.0. The van der Waals surface area contributed by atoms with Crippen LogP contribution < -0.4 is 11.3 Å². The van der Waals surface area contributed by atoms with E-state index in [1.54, 1.807) is 0 Å². The number of nitrogens with zero attached hydrogens (tertiary/aromatic N) is 1. The Hall–Kier alpha value is -1.08.